The molecule has 0 aliphatic rings. The normalized spacial score (nSPS) is 12.6. The Morgan fingerprint density at radius 3 is 2.60 bits per heavy atom. The summed E-state index contributed by atoms with van der Waals surface area (Å²) in [6, 6.07) is 4.34. The van der Waals surface area contributed by atoms with Crippen LogP contribution in [-0.2, 0) is 19.4 Å². The Kier molecular flexibility index (Phi) is 4.90. The van der Waals surface area contributed by atoms with E-state index in [9.17, 15) is 0 Å². The summed E-state index contributed by atoms with van der Waals surface area (Å²) >= 11 is 0. The van der Waals surface area contributed by atoms with Crippen LogP contribution in [0.15, 0.2) is 24.5 Å². The number of rotatable bonds is 6. The predicted octanol–water partition coefficient (Wildman–Crippen LogP) is 2.42. The van der Waals surface area contributed by atoms with Gasteiger partial charge in [-0.2, -0.15) is 5.10 Å². The molecule has 4 heteroatoms. The van der Waals surface area contributed by atoms with Gasteiger partial charge in [-0.25, -0.2) is 0 Å². The fourth-order valence-electron chi connectivity index (χ4n) is 2.44. The molecule has 2 aromatic rings. The topological polar surface area (TPSA) is 56.7 Å². The lowest BCUT2D eigenvalue weighted by molar-refractivity contribution is 0.591. The van der Waals surface area contributed by atoms with E-state index < -0.39 is 0 Å². The van der Waals surface area contributed by atoms with Crippen molar-refractivity contribution in [1.82, 2.24) is 14.8 Å². The molecule has 0 radical (unpaired) electrons. The number of hydrogen-bond donors (Lipinski definition) is 1. The Morgan fingerprint density at radius 2 is 1.95 bits per heavy atom. The van der Waals surface area contributed by atoms with Crippen LogP contribution < -0.4 is 5.73 Å². The van der Waals surface area contributed by atoms with Gasteiger partial charge in [-0.05, 0) is 56.4 Å². The number of nitrogens with zero attached hydrogens (tertiary/aromatic N) is 3. The molecule has 0 saturated heterocycles. The summed E-state index contributed by atoms with van der Waals surface area (Å²) in [4.78, 5) is 4.04. The summed E-state index contributed by atoms with van der Waals surface area (Å²) in [7, 11) is 0. The molecular weight excluding hydrogens is 248 g/mol. The first-order valence-corrected chi connectivity index (χ1v) is 7.29. The molecule has 0 saturated carbocycles. The molecule has 2 rings (SSSR count). The maximum atomic E-state index is 6.07. The monoisotopic (exact) mass is 272 g/mol. The zero-order valence-corrected chi connectivity index (χ0v) is 12.6. The third-order valence-electron chi connectivity index (χ3n) is 3.88. The largest absolute Gasteiger partial charge is 0.327 e. The lowest BCUT2D eigenvalue weighted by Gasteiger charge is -2.09. The second kappa shape index (κ2) is 6.66. The zero-order chi connectivity index (χ0) is 14.5. The number of hydrogen-bond acceptors (Lipinski definition) is 3. The van der Waals surface area contributed by atoms with Gasteiger partial charge in [0.25, 0.3) is 0 Å². The third kappa shape index (κ3) is 3.45. The molecule has 4 nitrogen and oxygen atoms in total. The standard InChI is InChI=1S/C16H24N4/c1-4-15(17)11-16-12(2)19-20(13(16)3)10-7-14-5-8-18-9-6-14/h5-6,8-9,15H,4,7,10-11,17H2,1-3H3. The van der Waals surface area contributed by atoms with Crippen LogP contribution in [0.25, 0.3) is 0 Å². The van der Waals surface area contributed by atoms with Gasteiger partial charge in [0.05, 0.1) is 5.69 Å². The minimum Gasteiger partial charge on any atom is -0.327 e. The lowest BCUT2D eigenvalue weighted by Crippen LogP contribution is -2.22. The van der Waals surface area contributed by atoms with Gasteiger partial charge in [-0.1, -0.05) is 6.92 Å². The maximum absolute atomic E-state index is 6.07. The van der Waals surface area contributed by atoms with Crippen LogP contribution in [0.4, 0.5) is 0 Å². The molecule has 2 N–H and O–H groups in total. The van der Waals surface area contributed by atoms with Crippen molar-refractivity contribution in [3.8, 4) is 0 Å². The van der Waals surface area contributed by atoms with E-state index in [1.807, 2.05) is 12.4 Å². The van der Waals surface area contributed by atoms with Crippen molar-refractivity contribution in [1.29, 1.82) is 0 Å². The molecule has 0 aliphatic heterocycles. The van der Waals surface area contributed by atoms with Crippen LogP contribution in [0.5, 0.6) is 0 Å². The van der Waals surface area contributed by atoms with E-state index >= 15 is 0 Å². The van der Waals surface area contributed by atoms with Gasteiger partial charge in [-0.15, -0.1) is 0 Å². The van der Waals surface area contributed by atoms with E-state index in [2.05, 4.69) is 47.7 Å². The molecule has 0 aliphatic carbocycles. The maximum Gasteiger partial charge on any atom is 0.0629 e. The summed E-state index contributed by atoms with van der Waals surface area (Å²) in [5.74, 6) is 0. The van der Waals surface area contributed by atoms with Crippen LogP contribution in [0, 0.1) is 13.8 Å². The second-order valence-electron chi connectivity index (χ2n) is 5.35. The van der Waals surface area contributed by atoms with Gasteiger partial charge >= 0.3 is 0 Å². The van der Waals surface area contributed by atoms with Crippen molar-refractivity contribution in [2.45, 2.75) is 52.6 Å². The van der Waals surface area contributed by atoms with Crippen molar-refractivity contribution in [3.63, 3.8) is 0 Å². The molecule has 0 spiro atoms. The molecule has 1 atom stereocenters. The molecule has 2 aromatic heterocycles. The molecule has 20 heavy (non-hydrogen) atoms. The highest BCUT2D eigenvalue weighted by Crippen LogP contribution is 2.16. The highest BCUT2D eigenvalue weighted by Gasteiger charge is 2.13. The Balaban J connectivity index is 2.07. The molecule has 108 valence electrons. The Hall–Kier alpha value is -1.68. The first-order chi connectivity index (χ1) is 9.61. The summed E-state index contributed by atoms with van der Waals surface area (Å²) < 4.78 is 2.10. The van der Waals surface area contributed by atoms with Gasteiger partial charge in [0.1, 0.15) is 0 Å². The number of aromatic nitrogens is 3. The van der Waals surface area contributed by atoms with E-state index in [0.717, 1.165) is 31.5 Å². The molecule has 1 unspecified atom stereocenters. The van der Waals surface area contributed by atoms with Crippen LogP contribution in [0.3, 0.4) is 0 Å². The summed E-state index contributed by atoms with van der Waals surface area (Å²) in [5, 5.41) is 4.66. The summed E-state index contributed by atoms with van der Waals surface area (Å²) in [6.45, 7) is 7.25. The van der Waals surface area contributed by atoms with E-state index in [0.29, 0.717) is 0 Å². The SMILES string of the molecule is CCC(N)Cc1c(C)nn(CCc2ccncc2)c1C. The molecule has 0 bridgehead atoms. The van der Waals surface area contributed by atoms with Crippen LogP contribution >= 0.6 is 0 Å². The van der Waals surface area contributed by atoms with Crippen LogP contribution in [0.1, 0.15) is 35.9 Å². The van der Waals surface area contributed by atoms with Gasteiger partial charge in [-0.3, -0.25) is 9.67 Å². The fourth-order valence-corrected chi connectivity index (χ4v) is 2.44. The van der Waals surface area contributed by atoms with Crippen molar-refractivity contribution in [2.24, 2.45) is 5.73 Å². The van der Waals surface area contributed by atoms with E-state index in [1.165, 1.54) is 16.8 Å². The van der Waals surface area contributed by atoms with Crippen LogP contribution in [-0.4, -0.2) is 20.8 Å². The van der Waals surface area contributed by atoms with Gasteiger partial charge in [0.15, 0.2) is 0 Å². The van der Waals surface area contributed by atoms with Crippen molar-refractivity contribution in [2.75, 3.05) is 0 Å². The lowest BCUT2D eigenvalue weighted by atomic mass is 10.0. The molecule has 2 heterocycles. The first kappa shape index (κ1) is 14.7. The number of aryl methyl sites for hydroxylation is 3. The quantitative estimate of drug-likeness (QED) is 0.878. The predicted molar refractivity (Wildman–Crippen MR) is 81.6 cm³/mol. The molecular formula is C16H24N4. The molecule has 0 fully saturated rings. The minimum absolute atomic E-state index is 0.227. The van der Waals surface area contributed by atoms with Gasteiger partial charge < -0.3 is 5.73 Å². The van der Waals surface area contributed by atoms with E-state index in [-0.39, 0.29) is 6.04 Å². The first-order valence-electron chi connectivity index (χ1n) is 7.29. The molecule has 0 amide bonds. The average Bonchev–Trinajstić information content (AvgIpc) is 2.73. The molecule has 0 aromatic carbocycles. The van der Waals surface area contributed by atoms with Gasteiger partial charge in [0.2, 0.25) is 0 Å². The summed E-state index contributed by atoms with van der Waals surface area (Å²) in [6.07, 6.45) is 6.57. The van der Waals surface area contributed by atoms with Crippen molar-refractivity contribution >= 4 is 0 Å². The highest BCUT2D eigenvalue weighted by molar-refractivity contribution is 5.25. The number of pyridine rings is 1. The van der Waals surface area contributed by atoms with E-state index in [1.54, 1.807) is 0 Å². The second-order valence-corrected chi connectivity index (χ2v) is 5.35. The van der Waals surface area contributed by atoms with Crippen molar-refractivity contribution < 1.29 is 0 Å². The summed E-state index contributed by atoms with van der Waals surface area (Å²) in [5.41, 5.74) is 11.0. The Labute approximate surface area is 121 Å². The smallest absolute Gasteiger partial charge is 0.0629 e. The van der Waals surface area contributed by atoms with E-state index in [4.69, 9.17) is 5.73 Å². The average molecular weight is 272 g/mol. The van der Waals surface area contributed by atoms with Crippen molar-refractivity contribution in [3.05, 3.63) is 47.0 Å². The van der Waals surface area contributed by atoms with Gasteiger partial charge in [0, 0.05) is 30.7 Å². The zero-order valence-electron chi connectivity index (χ0n) is 12.6. The van der Waals surface area contributed by atoms with Crippen LogP contribution in [0.2, 0.25) is 0 Å². The Bertz CT molecular complexity index is 545. The Morgan fingerprint density at radius 1 is 1.25 bits per heavy atom. The number of nitrogens with two attached hydrogens (primary N) is 1. The fraction of sp³-hybridized carbons (Fsp3) is 0.500. The highest BCUT2D eigenvalue weighted by atomic mass is 15.3. The third-order valence-corrected chi connectivity index (χ3v) is 3.88. The minimum atomic E-state index is 0.227.